The van der Waals surface area contributed by atoms with Gasteiger partial charge in [-0.05, 0) is 6.92 Å². The van der Waals surface area contributed by atoms with E-state index >= 15 is 0 Å². The van der Waals surface area contributed by atoms with Gasteiger partial charge in [0.15, 0.2) is 0 Å². The number of methoxy groups -OCH3 is 1. The molecular formula is C20H21N5O3. The lowest BCUT2D eigenvalue weighted by atomic mass is 10.0. The summed E-state index contributed by atoms with van der Waals surface area (Å²) in [6.45, 7) is 4.19. The van der Waals surface area contributed by atoms with Crippen LogP contribution in [0.4, 0.5) is 5.95 Å². The van der Waals surface area contributed by atoms with Crippen LogP contribution in [0.5, 0.6) is 5.88 Å². The highest BCUT2D eigenvalue weighted by atomic mass is 16.5. The predicted octanol–water partition coefficient (Wildman–Crippen LogP) is 2.41. The number of carbonyl (C=O) groups is 1. The van der Waals surface area contributed by atoms with Crippen LogP contribution in [0, 0.1) is 6.92 Å². The number of piperazine rings is 1. The first-order chi connectivity index (χ1) is 13.7. The number of amides is 1. The molecule has 1 aromatic carbocycles. The van der Waals surface area contributed by atoms with Gasteiger partial charge in [0.1, 0.15) is 17.0 Å². The summed E-state index contributed by atoms with van der Waals surface area (Å²) in [7, 11) is 1.58. The molecule has 0 bridgehead atoms. The fourth-order valence-electron chi connectivity index (χ4n) is 3.28. The van der Waals surface area contributed by atoms with Crippen molar-refractivity contribution in [3.05, 3.63) is 53.9 Å². The van der Waals surface area contributed by atoms with Crippen LogP contribution < -0.4 is 9.64 Å². The molecule has 8 nitrogen and oxygen atoms in total. The molecule has 3 aromatic rings. The fourth-order valence-corrected chi connectivity index (χ4v) is 3.28. The first-order valence-corrected chi connectivity index (χ1v) is 9.10. The van der Waals surface area contributed by atoms with Gasteiger partial charge in [0.2, 0.25) is 11.8 Å². The maximum Gasteiger partial charge on any atom is 0.259 e. The molecule has 0 atom stereocenters. The van der Waals surface area contributed by atoms with Gasteiger partial charge >= 0.3 is 0 Å². The molecular weight excluding hydrogens is 358 g/mol. The Morgan fingerprint density at radius 3 is 2.57 bits per heavy atom. The number of carbonyl (C=O) groups excluding carboxylic acids is 1. The topological polar surface area (TPSA) is 84.6 Å². The Balaban J connectivity index is 1.50. The van der Waals surface area contributed by atoms with E-state index in [2.05, 4.69) is 15.1 Å². The summed E-state index contributed by atoms with van der Waals surface area (Å²) in [5.41, 5.74) is 1.98. The molecule has 1 aliphatic heterocycles. The summed E-state index contributed by atoms with van der Waals surface area (Å²) < 4.78 is 10.5. The van der Waals surface area contributed by atoms with Crippen LogP contribution in [0.25, 0.3) is 11.3 Å². The van der Waals surface area contributed by atoms with Crippen LogP contribution in [-0.2, 0) is 0 Å². The van der Waals surface area contributed by atoms with Crippen molar-refractivity contribution in [1.82, 2.24) is 20.0 Å². The third-order valence-corrected chi connectivity index (χ3v) is 4.80. The van der Waals surface area contributed by atoms with Crippen LogP contribution >= 0.6 is 0 Å². The van der Waals surface area contributed by atoms with E-state index in [4.69, 9.17) is 9.26 Å². The molecule has 0 aliphatic carbocycles. The van der Waals surface area contributed by atoms with Gasteiger partial charge in [-0.25, -0.2) is 4.98 Å². The summed E-state index contributed by atoms with van der Waals surface area (Å²) in [6, 6.07) is 11.3. The second kappa shape index (κ2) is 7.67. The van der Waals surface area contributed by atoms with E-state index < -0.39 is 0 Å². The maximum absolute atomic E-state index is 13.2. The van der Waals surface area contributed by atoms with Crippen molar-refractivity contribution in [1.29, 1.82) is 0 Å². The molecule has 4 rings (SSSR count). The minimum absolute atomic E-state index is 0.0659. The van der Waals surface area contributed by atoms with Crippen LogP contribution in [0.3, 0.4) is 0 Å². The summed E-state index contributed by atoms with van der Waals surface area (Å²) in [5, 5.41) is 4.12. The smallest absolute Gasteiger partial charge is 0.259 e. The second-order valence-electron chi connectivity index (χ2n) is 6.51. The van der Waals surface area contributed by atoms with Crippen LogP contribution in [-0.4, -0.2) is 59.2 Å². The molecule has 8 heteroatoms. The SMILES string of the molecule is COc1ccnc(N2CCN(C(=O)c3c(-c4ccccc4)noc3C)CC2)n1. The number of hydrogen-bond donors (Lipinski definition) is 0. The summed E-state index contributed by atoms with van der Waals surface area (Å²) in [6.07, 6.45) is 1.67. The summed E-state index contributed by atoms with van der Waals surface area (Å²) in [4.78, 5) is 25.7. The lowest BCUT2D eigenvalue weighted by molar-refractivity contribution is 0.0745. The average molecular weight is 379 g/mol. The first-order valence-electron chi connectivity index (χ1n) is 9.10. The van der Waals surface area contributed by atoms with Crippen molar-refractivity contribution in [3.8, 4) is 17.1 Å². The zero-order chi connectivity index (χ0) is 19.5. The monoisotopic (exact) mass is 379 g/mol. The molecule has 0 spiro atoms. The van der Waals surface area contributed by atoms with Crippen molar-refractivity contribution in [2.75, 3.05) is 38.2 Å². The van der Waals surface area contributed by atoms with E-state index in [1.165, 1.54) is 0 Å². The molecule has 1 aliphatic rings. The molecule has 0 N–H and O–H groups in total. The minimum atomic E-state index is -0.0659. The lowest BCUT2D eigenvalue weighted by Crippen LogP contribution is -2.49. The molecule has 144 valence electrons. The molecule has 0 saturated carbocycles. The number of rotatable bonds is 4. The van der Waals surface area contributed by atoms with E-state index in [9.17, 15) is 4.79 Å². The molecule has 28 heavy (non-hydrogen) atoms. The molecule has 1 amide bonds. The second-order valence-corrected chi connectivity index (χ2v) is 6.51. The third kappa shape index (κ3) is 3.40. The Hall–Kier alpha value is -3.42. The number of aromatic nitrogens is 3. The van der Waals surface area contributed by atoms with E-state index in [1.807, 2.05) is 40.1 Å². The van der Waals surface area contributed by atoms with Gasteiger partial charge in [-0.2, -0.15) is 4.98 Å². The Bertz CT molecular complexity index is 965. The Labute approximate surface area is 162 Å². The van der Waals surface area contributed by atoms with Gasteiger partial charge in [-0.1, -0.05) is 35.5 Å². The zero-order valence-corrected chi connectivity index (χ0v) is 15.8. The third-order valence-electron chi connectivity index (χ3n) is 4.80. The molecule has 0 radical (unpaired) electrons. The summed E-state index contributed by atoms with van der Waals surface area (Å²) >= 11 is 0. The van der Waals surface area contributed by atoms with Crippen molar-refractivity contribution in [3.63, 3.8) is 0 Å². The van der Waals surface area contributed by atoms with E-state index in [0.717, 1.165) is 5.56 Å². The van der Waals surface area contributed by atoms with Crippen LogP contribution in [0.1, 0.15) is 16.1 Å². The number of nitrogens with zero attached hydrogens (tertiary/aromatic N) is 5. The van der Waals surface area contributed by atoms with Gasteiger partial charge in [-0.15, -0.1) is 0 Å². The van der Waals surface area contributed by atoms with Crippen molar-refractivity contribution >= 4 is 11.9 Å². The number of benzene rings is 1. The zero-order valence-electron chi connectivity index (χ0n) is 15.8. The lowest BCUT2D eigenvalue weighted by Gasteiger charge is -2.34. The fraction of sp³-hybridized carbons (Fsp3) is 0.300. The minimum Gasteiger partial charge on any atom is -0.481 e. The molecule has 0 unspecified atom stereocenters. The maximum atomic E-state index is 13.2. The summed E-state index contributed by atoms with van der Waals surface area (Å²) in [5.74, 6) is 1.60. The molecule has 3 heterocycles. The normalized spacial score (nSPS) is 14.2. The van der Waals surface area contributed by atoms with Crippen molar-refractivity contribution < 1.29 is 14.1 Å². The number of anilines is 1. The van der Waals surface area contributed by atoms with Crippen molar-refractivity contribution in [2.24, 2.45) is 0 Å². The number of hydrogen-bond acceptors (Lipinski definition) is 7. The van der Waals surface area contributed by atoms with Gasteiger partial charge in [0, 0.05) is 44.0 Å². The number of ether oxygens (including phenoxy) is 1. The highest BCUT2D eigenvalue weighted by molar-refractivity contribution is 6.00. The highest BCUT2D eigenvalue weighted by Gasteiger charge is 2.29. The quantitative estimate of drug-likeness (QED) is 0.688. The molecule has 1 fully saturated rings. The largest absolute Gasteiger partial charge is 0.481 e. The standard InChI is InChI=1S/C20H21N5O3/c1-14-17(18(23-28-14)15-6-4-3-5-7-15)19(26)24-10-12-25(13-11-24)20-21-9-8-16(22-20)27-2/h3-9H,10-13H2,1-2H3. The molecule has 2 aromatic heterocycles. The Morgan fingerprint density at radius 1 is 1.11 bits per heavy atom. The Kier molecular flexibility index (Phi) is 4.92. The van der Waals surface area contributed by atoms with E-state index in [-0.39, 0.29) is 5.91 Å². The molecule has 1 saturated heterocycles. The first kappa shape index (κ1) is 18.0. The van der Waals surface area contributed by atoms with Gasteiger partial charge in [0.25, 0.3) is 5.91 Å². The van der Waals surface area contributed by atoms with E-state index in [0.29, 0.717) is 55.0 Å². The predicted molar refractivity (Wildman–Crippen MR) is 103 cm³/mol. The van der Waals surface area contributed by atoms with E-state index in [1.54, 1.807) is 26.3 Å². The van der Waals surface area contributed by atoms with Crippen LogP contribution in [0.2, 0.25) is 0 Å². The highest BCUT2D eigenvalue weighted by Crippen LogP contribution is 2.27. The van der Waals surface area contributed by atoms with Gasteiger partial charge in [-0.3, -0.25) is 4.79 Å². The van der Waals surface area contributed by atoms with Crippen molar-refractivity contribution in [2.45, 2.75) is 6.92 Å². The van der Waals surface area contributed by atoms with Gasteiger partial charge < -0.3 is 19.1 Å². The Morgan fingerprint density at radius 2 is 1.86 bits per heavy atom. The average Bonchev–Trinajstić information content (AvgIpc) is 3.15. The van der Waals surface area contributed by atoms with Gasteiger partial charge in [0.05, 0.1) is 7.11 Å². The van der Waals surface area contributed by atoms with Crippen LogP contribution in [0.15, 0.2) is 47.1 Å². The number of aryl methyl sites for hydroxylation is 1.